The molecule has 1 amide bonds. The van der Waals surface area contributed by atoms with E-state index in [4.69, 9.17) is 17.3 Å². The van der Waals surface area contributed by atoms with E-state index < -0.39 is 22.7 Å². The lowest BCUT2D eigenvalue weighted by Gasteiger charge is -2.11. The number of nitrogens with one attached hydrogen (secondary N) is 2. The van der Waals surface area contributed by atoms with E-state index in [1.165, 1.54) is 12.1 Å². The molecule has 0 aliphatic carbocycles. The van der Waals surface area contributed by atoms with Crippen LogP contribution in [-0.2, 0) is 6.18 Å². The molecular formula is C11H8ClF3N4O. The highest BCUT2D eigenvalue weighted by atomic mass is 35.5. The number of rotatable bonds is 2. The molecule has 1 aromatic heterocycles. The van der Waals surface area contributed by atoms with Gasteiger partial charge in [-0.25, -0.2) is 0 Å². The zero-order valence-corrected chi connectivity index (χ0v) is 10.5. The summed E-state index contributed by atoms with van der Waals surface area (Å²) in [5, 5.41) is 7.73. The molecule has 4 N–H and O–H groups in total. The lowest BCUT2D eigenvalue weighted by atomic mass is 10.2. The molecule has 20 heavy (non-hydrogen) atoms. The second-order valence-electron chi connectivity index (χ2n) is 3.85. The number of H-pyrrole nitrogens is 1. The number of carbonyl (C=O) groups excluding carboxylic acids is 1. The Morgan fingerprint density at radius 3 is 2.60 bits per heavy atom. The van der Waals surface area contributed by atoms with Crippen LogP contribution < -0.4 is 11.1 Å². The van der Waals surface area contributed by atoms with Crippen LogP contribution in [0.2, 0.25) is 5.02 Å². The Balaban J connectivity index is 2.24. The summed E-state index contributed by atoms with van der Waals surface area (Å²) in [5.41, 5.74) is 4.29. The van der Waals surface area contributed by atoms with Crippen LogP contribution in [0.25, 0.3) is 0 Å². The van der Waals surface area contributed by atoms with Gasteiger partial charge in [0.05, 0.1) is 10.6 Å². The van der Waals surface area contributed by atoms with Gasteiger partial charge in [-0.3, -0.25) is 9.89 Å². The summed E-state index contributed by atoms with van der Waals surface area (Å²) in [6.07, 6.45) is -4.60. The lowest BCUT2D eigenvalue weighted by Crippen LogP contribution is -2.14. The number of anilines is 2. The van der Waals surface area contributed by atoms with E-state index in [-0.39, 0.29) is 17.2 Å². The molecule has 0 radical (unpaired) electrons. The fourth-order valence-electron chi connectivity index (χ4n) is 1.47. The van der Waals surface area contributed by atoms with Gasteiger partial charge in [0, 0.05) is 11.8 Å². The number of aromatic nitrogens is 2. The molecule has 0 unspecified atom stereocenters. The maximum Gasteiger partial charge on any atom is 0.417 e. The van der Waals surface area contributed by atoms with Crippen LogP contribution in [-0.4, -0.2) is 16.1 Å². The van der Waals surface area contributed by atoms with Crippen LogP contribution in [0.5, 0.6) is 0 Å². The van der Waals surface area contributed by atoms with Gasteiger partial charge in [0.25, 0.3) is 5.91 Å². The summed E-state index contributed by atoms with van der Waals surface area (Å²) in [7, 11) is 0. The molecule has 0 fully saturated rings. The molecule has 106 valence electrons. The van der Waals surface area contributed by atoms with Gasteiger partial charge in [0.2, 0.25) is 0 Å². The fourth-order valence-corrected chi connectivity index (χ4v) is 1.70. The van der Waals surface area contributed by atoms with Gasteiger partial charge in [-0.15, -0.1) is 0 Å². The molecule has 5 nitrogen and oxygen atoms in total. The zero-order chi connectivity index (χ0) is 14.9. The standard InChI is InChI=1S/C11H8ClF3N4O/c12-7-2-1-5(3-6(7)11(13,14)15)17-10(20)8-4-9(16)19-18-8/h1-4H,(H,17,20)(H3,16,18,19). The second kappa shape index (κ2) is 5.04. The Morgan fingerprint density at radius 2 is 2.05 bits per heavy atom. The normalized spacial score (nSPS) is 11.4. The number of nitrogens with zero attached hydrogens (tertiary/aromatic N) is 1. The number of carbonyl (C=O) groups is 1. The number of halogens is 4. The van der Waals surface area contributed by atoms with Gasteiger partial charge < -0.3 is 11.1 Å². The maximum atomic E-state index is 12.7. The smallest absolute Gasteiger partial charge is 0.382 e. The van der Waals surface area contributed by atoms with Gasteiger partial charge in [-0.05, 0) is 18.2 Å². The van der Waals surface area contributed by atoms with E-state index in [2.05, 4.69) is 15.5 Å². The quantitative estimate of drug-likeness (QED) is 0.797. The zero-order valence-electron chi connectivity index (χ0n) is 9.75. The van der Waals surface area contributed by atoms with Crippen molar-refractivity contribution in [1.82, 2.24) is 10.2 Å². The summed E-state index contributed by atoms with van der Waals surface area (Å²) < 4.78 is 38.0. The van der Waals surface area contributed by atoms with Crippen LogP contribution in [0, 0.1) is 0 Å². The minimum Gasteiger partial charge on any atom is -0.382 e. The number of amides is 1. The molecule has 0 atom stereocenters. The van der Waals surface area contributed by atoms with Crippen molar-refractivity contribution >= 4 is 29.0 Å². The maximum absolute atomic E-state index is 12.7. The molecule has 2 aromatic rings. The Labute approximate surface area is 115 Å². The summed E-state index contributed by atoms with van der Waals surface area (Å²) in [5.74, 6) is -0.563. The first-order valence-corrected chi connectivity index (χ1v) is 5.64. The molecule has 0 bridgehead atoms. The van der Waals surface area contributed by atoms with Crippen molar-refractivity contribution in [2.45, 2.75) is 6.18 Å². The van der Waals surface area contributed by atoms with Crippen molar-refractivity contribution in [3.8, 4) is 0 Å². The topological polar surface area (TPSA) is 83.8 Å². The summed E-state index contributed by atoms with van der Waals surface area (Å²) >= 11 is 5.47. The van der Waals surface area contributed by atoms with Crippen LogP contribution >= 0.6 is 11.6 Å². The van der Waals surface area contributed by atoms with Crippen molar-refractivity contribution in [2.24, 2.45) is 0 Å². The third-order valence-corrected chi connectivity index (χ3v) is 2.70. The monoisotopic (exact) mass is 304 g/mol. The van der Waals surface area contributed by atoms with Crippen molar-refractivity contribution in [2.75, 3.05) is 11.1 Å². The fraction of sp³-hybridized carbons (Fsp3) is 0.0909. The SMILES string of the molecule is Nc1cc(C(=O)Nc2ccc(Cl)c(C(F)(F)F)c2)[nH]n1. The molecule has 2 rings (SSSR count). The highest BCUT2D eigenvalue weighted by molar-refractivity contribution is 6.31. The van der Waals surface area contributed by atoms with Crippen LogP contribution in [0.3, 0.4) is 0 Å². The minimum atomic E-state index is -4.60. The van der Waals surface area contributed by atoms with Crippen molar-refractivity contribution in [3.05, 3.63) is 40.5 Å². The van der Waals surface area contributed by atoms with Gasteiger partial charge in [-0.1, -0.05) is 11.6 Å². The van der Waals surface area contributed by atoms with E-state index in [1.807, 2.05) is 0 Å². The molecule has 0 aliphatic heterocycles. The molecule has 1 aromatic carbocycles. The van der Waals surface area contributed by atoms with Crippen molar-refractivity contribution < 1.29 is 18.0 Å². The summed E-state index contributed by atoms with van der Waals surface area (Å²) in [6.45, 7) is 0. The number of hydrogen-bond donors (Lipinski definition) is 3. The molecular weight excluding hydrogens is 297 g/mol. The van der Waals surface area contributed by atoms with E-state index in [1.54, 1.807) is 0 Å². The number of nitrogen functional groups attached to an aromatic ring is 1. The van der Waals surface area contributed by atoms with Crippen LogP contribution in [0.15, 0.2) is 24.3 Å². The van der Waals surface area contributed by atoms with Gasteiger partial charge in [0.1, 0.15) is 11.5 Å². The average molecular weight is 305 g/mol. The Morgan fingerprint density at radius 1 is 1.35 bits per heavy atom. The van der Waals surface area contributed by atoms with E-state index >= 15 is 0 Å². The first-order valence-electron chi connectivity index (χ1n) is 5.26. The van der Waals surface area contributed by atoms with Crippen LogP contribution in [0.1, 0.15) is 16.1 Å². The van der Waals surface area contributed by atoms with E-state index in [9.17, 15) is 18.0 Å². The molecule has 0 spiro atoms. The predicted molar refractivity (Wildman–Crippen MR) is 67.4 cm³/mol. The first kappa shape index (κ1) is 14.2. The molecule has 9 heteroatoms. The summed E-state index contributed by atoms with van der Waals surface area (Å²) in [6, 6.07) is 4.33. The summed E-state index contributed by atoms with van der Waals surface area (Å²) in [4.78, 5) is 11.7. The highest BCUT2D eigenvalue weighted by Crippen LogP contribution is 2.36. The molecule has 1 heterocycles. The highest BCUT2D eigenvalue weighted by Gasteiger charge is 2.33. The first-order chi connectivity index (χ1) is 9.27. The Hall–Kier alpha value is -2.22. The number of benzene rings is 1. The Kier molecular flexibility index (Phi) is 3.58. The van der Waals surface area contributed by atoms with Crippen molar-refractivity contribution in [3.63, 3.8) is 0 Å². The number of aromatic amines is 1. The van der Waals surface area contributed by atoms with Crippen LogP contribution in [0.4, 0.5) is 24.7 Å². The number of nitrogens with two attached hydrogens (primary N) is 1. The van der Waals surface area contributed by atoms with Gasteiger partial charge in [-0.2, -0.15) is 18.3 Å². The third kappa shape index (κ3) is 3.02. The molecule has 0 saturated carbocycles. The van der Waals surface area contributed by atoms with E-state index in [0.717, 1.165) is 12.1 Å². The Bertz CT molecular complexity index is 653. The predicted octanol–water partition coefficient (Wildman–Crippen LogP) is 2.92. The third-order valence-electron chi connectivity index (χ3n) is 2.37. The average Bonchev–Trinajstić information content (AvgIpc) is 2.77. The van der Waals surface area contributed by atoms with Gasteiger partial charge >= 0.3 is 6.18 Å². The lowest BCUT2D eigenvalue weighted by molar-refractivity contribution is -0.137. The van der Waals surface area contributed by atoms with E-state index in [0.29, 0.717) is 0 Å². The number of hydrogen-bond acceptors (Lipinski definition) is 3. The van der Waals surface area contributed by atoms with Gasteiger partial charge in [0.15, 0.2) is 0 Å². The molecule has 0 saturated heterocycles. The van der Waals surface area contributed by atoms with Crippen molar-refractivity contribution in [1.29, 1.82) is 0 Å². The largest absolute Gasteiger partial charge is 0.417 e. The second-order valence-corrected chi connectivity index (χ2v) is 4.26. The minimum absolute atomic E-state index is 0.0333. The molecule has 0 aliphatic rings. The number of alkyl halides is 3.